The molecule has 2 bridgehead atoms. The van der Waals surface area contributed by atoms with Gasteiger partial charge in [-0.3, -0.25) is 4.79 Å². The Bertz CT molecular complexity index is 586. The third kappa shape index (κ3) is 2.02. The van der Waals surface area contributed by atoms with Crippen molar-refractivity contribution in [2.24, 2.45) is 22.9 Å². The Balaban J connectivity index is 1.67. The van der Waals surface area contributed by atoms with Crippen molar-refractivity contribution in [1.82, 2.24) is 5.01 Å². The first kappa shape index (κ1) is 13.3. The van der Waals surface area contributed by atoms with Crippen LogP contribution in [0.1, 0.15) is 36.0 Å². The Morgan fingerprint density at radius 3 is 2.76 bits per heavy atom. The normalized spacial score (nSPS) is 33.2. The molecule has 2 fully saturated rings. The average Bonchev–Trinajstić information content (AvgIpc) is 3.20. The van der Waals surface area contributed by atoms with Crippen LogP contribution in [0.25, 0.3) is 0 Å². The largest absolute Gasteiger partial charge is 0.274 e. The number of rotatable bonds is 3. The van der Waals surface area contributed by atoms with Crippen LogP contribution >= 0.6 is 11.6 Å². The second kappa shape index (κ2) is 5.13. The number of alkyl halides is 1. The van der Waals surface area contributed by atoms with Crippen molar-refractivity contribution >= 4 is 23.2 Å². The molecule has 4 rings (SSSR count). The zero-order valence-electron chi connectivity index (χ0n) is 11.9. The van der Waals surface area contributed by atoms with Crippen LogP contribution in [-0.2, 0) is 0 Å². The molecule has 2 saturated carbocycles. The Hall–Kier alpha value is -1.35. The number of carbonyl (C=O) groups is 1. The van der Waals surface area contributed by atoms with E-state index in [2.05, 4.69) is 0 Å². The Morgan fingerprint density at radius 2 is 2.00 bits per heavy atom. The van der Waals surface area contributed by atoms with Crippen LogP contribution in [0.15, 0.2) is 35.4 Å². The standard InChI is InChI=1S/C17H19ClN2O/c18-9-8-14-15-12-6-7-13(10-12)16(15)20(19-14)17(21)11-4-2-1-3-5-11/h1-5,12-13,15-16H,6-10H2/t12-,13+,15-,16+/m0/s1. The molecule has 1 aliphatic heterocycles. The molecule has 0 N–H and O–H groups in total. The van der Waals surface area contributed by atoms with E-state index in [1.807, 2.05) is 30.3 Å². The zero-order chi connectivity index (χ0) is 14.4. The highest BCUT2D eigenvalue weighted by Crippen LogP contribution is 2.54. The molecule has 0 saturated heterocycles. The van der Waals surface area contributed by atoms with E-state index in [0.29, 0.717) is 17.7 Å². The molecular formula is C17H19ClN2O. The Labute approximate surface area is 130 Å². The third-order valence-corrected chi connectivity index (χ3v) is 5.54. The lowest BCUT2D eigenvalue weighted by Crippen LogP contribution is -2.41. The van der Waals surface area contributed by atoms with Gasteiger partial charge in [-0.25, -0.2) is 5.01 Å². The second-order valence-electron chi connectivity index (χ2n) is 6.40. The summed E-state index contributed by atoms with van der Waals surface area (Å²) in [5.41, 5.74) is 1.89. The predicted molar refractivity (Wildman–Crippen MR) is 83.5 cm³/mol. The average molecular weight is 303 g/mol. The van der Waals surface area contributed by atoms with E-state index in [1.54, 1.807) is 5.01 Å². The van der Waals surface area contributed by atoms with Crippen LogP contribution in [0, 0.1) is 17.8 Å². The SMILES string of the molecule is O=C(c1ccccc1)N1N=C(CCCl)[C@@H]2[C@H]3CC[C@H](C3)[C@H]21. The predicted octanol–water partition coefficient (Wildman–Crippen LogP) is 3.54. The van der Waals surface area contributed by atoms with Crippen LogP contribution < -0.4 is 0 Å². The number of halogens is 1. The third-order valence-electron chi connectivity index (χ3n) is 5.36. The summed E-state index contributed by atoms with van der Waals surface area (Å²) in [6, 6.07) is 9.79. The van der Waals surface area contributed by atoms with Crippen molar-refractivity contribution in [3.63, 3.8) is 0 Å². The number of fused-ring (bicyclic) bond motifs is 5. The molecule has 1 amide bonds. The van der Waals surface area contributed by atoms with Gasteiger partial charge in [0.05, 0.1) is 6.04 Å². The quantitative estimate of drug-likeness (QED) is 0.786. The van der Waals surface area contributed by atoms with E-state index in [9.17, 15) is 4.79 Å². The fourth-order valence-electron chi connectivity index (χ4n) is 4.56. The topological polar surface area (TPSA) is 32.7 Å². The molecule has 0 radical (unpaired) electrons. The molecule has 1 aromatic carbocycles. The van der Waals surface area contributed by atoms with Gasteiger partial charge in [0.2, 0.25) is 0 Å². The van der Waals surface area contributed by atoms with Gasteiger partial charge in [-0.05, 0) is 43.2 Å². The molecule has 0 aromatic heterocycles. The Kier molecular flexibility index (Phi) is 3.26. The monoisotopic (exact) mass is 302 g/mol. The van der Waals surface area contributed by atoms with Gasteiger partial charge < -0.3 is 0 Å². The number of nitrogens with zero attached hydrogens (tertiary/aromatic N) is 2. The minimum atomic E-state index is 0.0442. The molecule has 1 aromatic rings. The van der Waals surface area contributed by atoms with E-state index in [1.165, 1.54) is 19.3 Å². The van der Waals surface area contributed by atoms with Crippen molar-refractivity contribution in [1.29, 1.82) is 0 Å². The minimum absolute atomic E-state index is 0.0442. The highest BCUT2D eigenvalue weighted by molar-refractivity contribution is 6.19. The first-order chi connectivity index (χ1) is 10.3. The molecule has 3 aliphatic rings. The molecule has 1 heterocycles. The smallest absolute Gasteiger partial charge is 0.267 e. The van der Waals surface area contributed by atoms with Crippen molar-refractivity contribution in [2.75, 3.05) is 5.88 Å². The van der Waals surface area contributed by atoms with Gasteiger partial charge in [0, 0.05) is 29.5 Å². The molecule has 21 heavy (non-hydrogen) atoms. The lowest BCUT2D eigenvalue weighted by Gasteiger charge is -2.30. The maximum absolute atomic E-state index is 12.8. The van der Waals surface area contributed by atoms with Crippen molar-refractivity contribution < 1.29 is 4.79 Å². The van der Waals surface area contributed by atoms with Crippen LogP contribution in [0.4, 0.5) is 0 Å². The van der Waals surface area contributed by atoms with Crippen LogP contribution in [-0.4, -0.2) is 28.5 Å². The first-order valence-electron chi connectivity index (χ1n) is 7.81. The van der Waals surface area contributed by atoms with E-state index in [0.717, 1.165) is 23.6 Å². The molecule has 0 spiro atoms. The number of carbonyl (C=O) groups excluding carboxylic acids is 1. The van der Waals surface area contributed by atoms with E-state index < -0.39 is 0 Å². The molecular weight excluding hydrogens is 284 g/mol. The van der Waals surface area contributed by atoms with Gasteiger partial charge >= 0.3 is 0 Å². The van der Waals surface area contributed by atoms with Crippen molar-refractivity contribution in [3.8, 4) is 0 Å². The summed E-state index contributed by atoms with van der Waals surface area (Å²) in [4.78, 5) is 12.8. The summed E-state index contributed by atoms with van der Waals surface area (Å²) in [5, 5.41) is 6.48. The van der Waals surface area contributed by atoms with Crippen molar-refractivity contribution in [2.45, 2.75) is 31.7 Å². The molecule has 0 unspecified atom stereocenters. The van der Waals surface area contributed by atoms with E-state index >= 15 is 0 Å². The number of amides is 1. The molecule has 4 heteroatoms. The fraction of sp³-hybridized carbons (Fsp3) is 0.529. The maximum atomic E-state index is 12.8. The summed E-state index contributed by atoms with van der Waals surface area (Å²) in [6.07, 6.45) is 4.61. The van der Waals surface area contributed by atoms with E-state index in [-0.39, 0.29) is 11.9 Å². The summed E-state index contributed by atoms with van der Waals surface area (Å²) in [7, 11) is 0. The van der Waals surface area contributed by atoms with Gasteiger partial charge in [0.15, 0.2) is 0 Å². The maximum Gasteiger partial charge on any atom is 0.274 e. The van der Waals surface area contributed by atoms with Crippen LogP contribution in [0.2, 0.25) is 0 Å². The highest BCUT2D eigenvalue weighted by Gasteiger charge is 2.56. The molecule has 4 atom stereocenters. The lowest BCUT2D eigenvalue weighted by atomic mass is 9.81. The molecule has 2 aliphatic carbocycles. The number of benzene rings is 1. The number of hydrogen-bond acceptors (Lipinski definition) is 2. The van der Waals surface area contributed by atoms with Gasteiger partial charge in [0.25, 0.3) is 5.91 Å². The molecule has 3 nitrogen and oxygen atoms in total. The lowest BCUT2D eigenvalue weighted by molar-refractivity contribution is 0.0629. The van der Waals surface area contributed by atoms with Crippen LogP contribution in [0.3, 0.4) is 0 Å². The molecule has 110 valence electrons. The summed E-state index contributed by atoms with van der Waals surface area (Å²) < 4.78 is 0. The number of hydrazone groups is 1. The summed E-state index contributed by atoms with van der Waals surface area (Å²) in [5.74, 6) is 2.45. The second-order valence-corrected chi connectivity index (χ2v) is 6.77. The van der Waals surface area contributed by atoms with Crippen LogP contribution in [0.5, 0.6) is 0 Å². The highest BCUT2D eigenvalue weighted by atomic mass is 35.5. The zero-order valence-corrected chi connectivity index (χ0v) is 12.7. The van der Waals surface area contributed by atoms with Gasteiger partial charge in [-0.15, -0.1) is 11.6 Å². The van der Waals surface area contributed by atoms with E-state index in [4.69, 9.17) is 16.7 Å². The van der Waals surface area contributed by atoms with Crippen molar-refractivity contribution in [3.05, 3.63) is 35.9 Å². The van der Waals surface area contributed by atoms with Gasteiger partial charge in [0.1, 0.15) is 0 Å². The fourth-order valence-corrected chi connectivity index (χ4v) is 4.75. The van der Waals surface area contributed by atoms with Gasteiger partial charge in [-0.1, -0.05) is 18.2 Å². The van der Waals surface area contributed by atoms with Gasteiger partial charge in [-0.2, -0.15) is 5.10 Å². The number of hydrogen-bond donors (Lipinski definition) is 0. The summed E-state index contributed by atoms with van der Waals surface area (Å²) >= 11 is 5.93. The first-order valence-corrected chi connectivity index (χ1v) is 8.35. The minimum Gasteiger partial charge on any atom is -0.267 e. The Morgan fingerprint density at radius 1 is 1.24 bits per heavy atom. The summed E-state index contributed by atoms with van der Waals surface area (Å²) in [6.45, 7) is 0.